The molecular weight excluding hydrogens is 536 g/mol. The number of piperazine rings is 1. The van der Waals surface area contributed by atoms with E-state index in [9.17, 15) is 10.1 Å². The number of amides is 1. The Morgan fingerprint density at radius 1 is 1.14 bits per heavy atom. The van der Waals surface area contributed by atoms with Crippen LogP contribution in [0.5, 0.6) is 6.01 Å². The van der Waals surface area contributed by atoms with E-state index in [1.54, 1.807) is 4.90 Å². The van der Waals surface area contributed by atoms with E-state index in [1.165, 1.54) is 54.0 Å². The van der Waals surface area contributed by atoms with Crippen LogP contribution < -0.4 is 9.64 Å². The van der Waals surface area contributed by atoms with E-state index in [4.69, 9.17) is 14.7 Å². The fraction of sp³-hybridized carbons (Fsp3) is 0.486. The van der Waals surface area contributed by atoms with Gasteiger partial charge in [0.25, 0.3) is 0 Å². The van der Waals surface area contributed by atoms with Gasteiger partial charge in [-0.2, -0.15) is 15.2 Å². The van der Waals surface area contributed by atoms with Crippen molar-refractivity contribution in [2.24, 2.45) is 5.92 Å². The molecule has 0 N–H and O–H groups in total. The summed E-state index contributed by atoms with van der Waals surface area (Å²) in [5, 5.41) is 10.5. The molecule has 5 aliphatic rings. The Bertz CT molecular complexity index is 1650. The first-order chi connectivity index (χ1) is 21.1. The summed E-state index contributed by atoms with van der Waals surface area (Å²) < 4.78 is 6.51. The van der Waals surface area contributed by atoms with Crippen molar-refractivity contribution in [1.82, 2.24) is 19.8 Å². The Hall–Kier alpha value is -3.96. The predicted octanol–water partition coefficient (Wildman–Crippen LogP) is 5.08. The zero-order valence-electron chi connectivity index (χ0n) is 24.7. The number of rotatable bonds is 7. The first-order valence-corrected chi connectivity index (χ1v) is 15.9. The molecular formula is C35H38N6O2. The van der Waals surface area contributed by atoms with Crippen molar-refractivity contribution >= 4 is 22.6 Å². The topological polar surface area (TPSA) is 85.6 Å². The number of hydrogen-bond acceptors (Lipinski definition) is 7. The summed E-state index contributed by atoms with van der Waals surface area (Å²) in [6.45, 7) is 8.21. The lowest BCUT2D eigenvalue weighted by Crippen LogP contribution is -2.55. The maximum atomic E-state index is 12.6. The average molecular weight is 575 g/mol. The number of ether oxygens (including phenoxy) is 1. The summed E-state index contributed by atoms with van der Waals surface area (Å²) in [6, 6.07) is 15.8. The Balaban J connectivity index is 1.18. The highest BCUT2D eigenvalue weighted by Crippen LogP contribution is 2.58. The van der Waals surface area contributed by atoms with Gasteiger partial charge in [-0.05, 0) is 104 Å². The number of fused-ring (bicyclic) bond motifs is 5. The minimum Gasteiger partial charge on any atom is -0.461 e. The molecule has 220 valence electrons. The van der Waals surface area contributed by atoms with Crippen LogP contribution in [0.4, 0.5) is 5.82 Å². The van der Waals surface area contributed by atoms with Gasteiger partial charge in [0.1, 0.15) is 12.4 Å². The Morgan fingerprint density at radius 2 is 2.00 bits per heavy atom. The number of aromatic nitrogens is 2. The monoisotopic (exact) mass is 574 g/mol. The van der Waals surface area contributed by atoms with Crippen molar-refractivity contribution in [3.63, 3.8) is 0 Å². The van der Waals surface area contributed by atoms with Crippen LogP contribution in [0.25, 0.3) is 22.0 Å². The average Bonchev–Trinajstić information content (AvgIpc) is 3.32. The fourth-order valence-corrected chi connectivity index (χ4v) is 8.55. The number of nitriles is 1. The lowest BCUT2D eigenvalue weighted by molar-refractivity contribution is -0.128. The number of carbonyl (C=O) groups excluding carboxylic acids is 1. The van der Waals surface area contributed by atoms with Crippen molar-refractivity contribution in [2.75, 3.05) is 44.2 Å². The minimum atomic E-state index is -0.235. The molecule has 1 aromatic heterocycles. The molecule has 4 heterocycles. The van der Waals surface area contributed by atoms with E-state index in [0.29, 0.717) is 38.2 Å². The second-order valence-electron chi connectivity index (χ2n) is 13.2. The van der Waals surface area contributed by atoms with Crippen LogP contribution in [-0.4, -0.2) is 76.6 Å². The standard InChI is InChI=1S/C35H38N6O2/c1-2-31(42)41-17-16-39(21-26(41)10-13-36)33-28-9-8-23(27-7-3-6-24-18-25-19-29(25)32(24)27)20-30(28)37-34(38-33)43-22-35-11-4-14-40(35)15-5-12-35/h2-3,6-9,20,25-26,29H,1,4-5,10-12,14-19,21-22H2/t25?,26-,29?/m0/s1. The third kappa shape index (κ3) is 4.48. The number of carbonyl (C=O) groups is 1. The fourth-order valence-electron chi connectivity index (χ4n) is 8.55. The minimum absolute atomic E-state index is 0.0975. The van der Waals surface area contributed by atoms with Crippen LogP contribution >= 0.6 is 0 Å². The van der Waals surface area contributed by atoms with Gasteiger partial charge in [-0.25, -0.2) is 0 Å². The largest absolute Gasteiger partial charge is 0.461 e. The third-order valence-corrected chi connectivity index (χ3v) is 10.8. The number of nitrogens with zero attached hydrogens (tertiary/aromatic N) is 6. The molecule has 0 radical (unpaired) electrons. The second-order valence-corrected chi connectivity index (χ2v) is 13.2. The smallest absolute Gasteiger partial charge is 0.319 e. The van der Waals surface area contributed by atoms with E-state index in [-0.39, 0.29) is 23.9 Å². The molecule has 8 nitrogen and oxygen atoms in total. The van der Waals surface area contributed by atoms with Crippen molar-refractivity contribution < 1.29 is 9.53 Å². The predicted molar refractivity (Wildman–Crippen MR) is 166 cm³/mol. The maximum Gasteiger partial charge on any atom is 0.319 e. The molecule has 2 aliphatic carbocycles. The lowest BCUT2D eigenvalue weighted by Gasteiger charge is -2.41. The normalized spacial score (nSPS) is 25.2. The molecule has 8 heteroatoms. The highest BCUT2D eigenvalue weighted by molar-refractivity contribution is 5.94. The van der Waals surface area contributed by atoms with Crippen LogP contribution in [0.3, 0.4) is 0 Å². The van der Waals surface area contributed by atoms with Gasteiger partial charge in [-0.3, -0.25) is 9.69 Å². The molecule has 4 fully saturated rings. The lowest BCUT2D eigenvalue weighted by atomic mass is 9.94. The van der Waals surface area contributed by atoms with Crippen molar-refractivity contribution in [3.05, 3.63) is 60.2 Å². The molecule has 1 amide bonds. The molecule has 8 rings (SSSR count). The molecule has 0 bridgehead atoms. The molecule has 3 aliphatic heterocycles. The molecule has 3 saturated heterocycles. The van der Waals surface area contributed by atoms with Crippen LogP contribution in [0.2, 0.25) is 0 Å². The van der Waals surface area contributed by atoms with Gasteiger partial charge >= 0.3 is 6.01 Å². The number of hydrogen-bond donors (Lipinski definition) is 0. The summed E-state index contributed by atoms with van der Waals surface area (Å²) in [6.07, 6.45) is 8.86. The van der Waals surface area contributed by atoms with Gasteiger partial charge in [-0.15, -0.1) is 0 Å². The summed E-state index contributed by atoms with van der Waals surface area (Å²) >= 11 is 0. The van der Waals surface area contributed by atoms with Crippen LogP contribution in [-0.2, 0) is 11.2 Å². The Morgan fingerprint density at radius 3 is 2.81 bits per heavy atom. The second kappa shape index (κ2) is 10.3. The van der Waals surface area contributed by atoms with Gasteiger partial charge < -0.3 is 14.5 Å². The van der Waals surface area contributed by atoms with Gasteiger partial charge in [0, 0.05) is 25.0 Å². The highest BCUT2D eigenvalue weighted by atomic mass is 16.5. The van der Waals surface area contributed by atoms with Crippen molar-refractivity contribution in [2.45, 2.75) is 62.4 Å². The molecule has 2 aromatic carbocycles. The summed E-state index contributed by atoms with van der Waals surface area (Å²) in [5.41, 5.74) is 6.51. The van der Waals surface area contributed by atoms with E-state index < -0.39 is 0 Å². The Labute approximate surface area is 253 Å². The van der Waals surface area contributed by atoms with Crippen LogP contribution in [0, 0.1) is 17.2 Å². The van der Waals surface area contributed by atoms with Gasteiger partial charge in [0.05, 0.1) is 29.6 Å². The third-order valence-electron chi connectivity index (χ3n) is 10.8. The molecule has 3 atom stereocenters. The first-order valence-electron chi connectivity index (χ1n) is 15.9. The summed E-state index contributed by atoms with van der Waals surface area (Å²) in [5.74, 6) is 2.20. The van der Waals surface area contributed by atoms with Crippen LogP contribution in [0.15, 0.2) is 49.1 Å². The van der Waals surface area contributed by atoms with E-state index in [1.807, 2.05) is 0 Å². The van der Waals surface area contributed by atoms with Gasteiger partial charge in [-0.1, -0.05) is 30.8 Å². The maximum absolute atomic E-state index is 12.6. The van der Waals surface area contributed by atoms with E-state index in [0.717, 1.165) is 48.6 Å². The van der Waals surface area contributed by atoms with Gasteiger partial charge in [0.2, 0.25) is 5.91 Å². The zero-order chi connectivity index (χ0) is 29.1. The molecule has 1 saturated carbocycles. The molecule has 2 unspecified atom stereocenters. The van der Waals surface area contributed by atoms with Crippen molar-refractivity contribution in [3.8, 4) is 23.2 Å². The Kier molecular flexibility index (Phi) is 6.41. The van der Waals surface area contributed by atoms with Crippen LogP contribution in [0.1, 0.15) is 55.6 Å². The quantitative estimate of drug-likeness (QED) is 0.364. The zero-order valence-corrected chi connectivity index (χ0v) is 24.7. The molecule has 0 spiro atoms. The summed E-state index contributed by atoms with van der Waals surface area (Å²) in [4.78, 5) is 29.2. The van der Waals surface area contributed by atoms with Gasteiger partial charge in [0.15, 0.2) is 0 Å². The number of anilines is 1. The highest BCUT2D eigenvalue weighted by Gasteiger charge is 2.46. The summed E-state index contributed by atoms with van der Waals surface area (Å²) in [7, 11) is 0. The SMILES string of the molecule is C=CC(=O)N1CCN(c2nc(OCC34CCCN3CCC4)nc3cc(-c4cccc5c4C4CC4C5)ccc23)C[C@@H]1CC#N. The van der Waals surface area contributed by atoms with E-state index in [2.05, 4.69) is 58.8 Å². The molecule has 3 aromatic rings. The first kappa shape index (κ1) is 26.7. The van der Waals surface area contributed by atoms with Crippen molar-refractivity contribution in [1.29, 1.82) is 5.26 Å². The number of benzene rings is 2. The van der Waals surface area contributed by atoms with E-state index >= 15 is 0 Å². The molecule has 43 heavy (non-hydrogen) atoms.